The molecular weight excluding hydrogens is 1930 g/mol. The molecule has 11 aromatic rings. The second-order valence-corrected chi connectivity index (χ2v) is 37.1. The number of aryl methyl sites for hydroxylation is 3. The van der Waals surface area contributed by atoms with Crippen LogP contribution in [0.3, 0.4) is 0 Å². The maximum Gasteiger partial charge on any atom is 0.423 e. The first kappa shape index (κ1) is 130. The number of ether oxygens (including phenoxy) is 1. The van der Waals surface area contributed by atoms with E-state index in [4.69, 9.17) is 93.2 Å². The summed E-state index contributed by atoms with van der Waals surface area (Å²) in [5.74, 6) is 2.50. The number of nitro groups is 1. The molecule has 0 bridgehead atoms. The fraction of sp³-hybridized carbons (Fsp3) is 0.363. The minimum absolute atomic E-state index is 0. The Morgan fingerprint density at radius 3 is 1.07 bits per heavy atom. The highest BCUT2D eigenvalue weighted by Gasteiger charge is 2.39. The van der Waals surface area contributed by atoms with E-state index in [1.807, 2.05) is 161 Å². The summed E-state index contributed by atoms with van der Waals surface area (Å²) in [4.78, 5) is 17.1. The third-order valence-electron chi connectivity index (χ3n) is 21.1. The second-order valence-electron chi connectivity index (χ2n) is 35.5. The molecule has 0 fully saturated rings. The van der Waals surface area contributed by atoms with Gasteiger partial charge in [-0.2, -0.15) is 81.6 Å². The molecule has 9 aromatic carbocycles. The van der Waals surface area contributed by atoms with Gasteiger partial charge in [-0.15, -0.1) is 0 Å². The number of hydrogen-bond donors (Lipinski definition) is 0. The van der Waals surface area contributed by atoms with Crippen molar-refractivity contribution in [3.8, 4) is 54.3 Å². The summed E-state index contributed by atoms with van der Waals surface area (Å²) in [6.07, 6.45) is -10.3. The summed E-state index contributed by atoms with van der Waals surface area (Å²) in [5.41, 5.74) is 11.0. The Balaban J connectivity index is 0.00000155. The summed E-state index contributed by atoms with van der Waals surface area (Å²) in [6.45, 7) is 48.6. The van der Waals surface area contributed by atoms with Crippen LogP contribution in [0.25, 0.3) is 0 Å². The number of hydrogen-bond acceptors (Lipinski definition) is 13. The van der Waals surface area contributed by atoms with Crippen LogP contribution in [0.4, 0.5) is 58.4 Å². The Hall–Kier alpha value is -13.3. The van der Waals surface area contributed by atoms with Crippen LogP contribution < -0.4 is 4.74 Å². The molecule has 2 aromatic heterocycles. The van der Waals surface area contributed by atoms with Crippen LogP contribution in [0.15, 0.2) is 182 Å². The van der Waals surface area contributed by atoms with Crippen LogP contribution >= 0.6 is 46.4 Å². The molecule has 14 nitrogen and oxygen atoms in total. The van der Waals surface area contributed by atoms with E-state index in [0.717, 1.165) is 51.6 Å². The van der Waals surface area contributed by atoms with Crippen molar-refractivity contribution < 1.29 is 62.3 Å². The van der Waals surface area contributed by atoms with Crippen LogP contribution in [0, 0.1) is 139 Å². The van der Waals surface area contributed by atoms with Crippen LogP contribution in [0.1, 0.15) is 364 Å². The van der Waals surface area contributed by atoms with Gasteiger partial charge in [-0.1, -0.05) is 273 Å². The SMILES string of the molecule is C.CC(C)c1cc(Cl)c(C#N)cc1F.CC(C)c1ccc(C#N)c(C(F)(F)F)c1.CC(C)c1ccc(C#N)c(Cl)c1.CC(C)c1ccc(C#N)c(F)c1.CC(C)c1ccc(C#N)cc1.CC(C)c1ccc([N+](=O)[O-])c(C(F)(F)F)c1.CC(C)c1cnc(C#N)c(Cl)c1.COc1cc(C(C)C)ccc1C#N.Cc1cc(C(C)C)ccc1C#N.Cc1ccc(C(C)C)c(F)c1Cl.Cc1ncc(C(C)C)cc1C(F)(F)F. The number of alkyl halides is 9. The Morgan fingerprint density at radius 2 is 0.685 bits per heavy atom. The highest BCUT2D eigenvalue weighted by Crippen LogP contribution is 2.40. The van der Waals surface area contributed by atoms with Gasteiger partial charge in [-0.3, -0.25) is 15.1 Å². The van der Waals surface area contributed by atoms with E-state index in [2.05, 4.69) is 103 Å². The molecule has 0 aliphatic rings. The summed E-state index contributed by atoms with van der Waals surface area (Å²) in [7, 11) is 1.58. The lowest BCUT2D eigenvalue weighted by atomic mass is 9.97. The standard InChI is InChI=1S/C11H10F3N.C11H13NO.C11H13N.C10H9ClFN.C10H12ClF.C10H10ClN.C10H10F3NO2.C10H12F3N.C10H10FN.C10H11N.C9H9ClN2.CH4/c1-7(2)8-3-4-9(6-15)10(5-8)11(12,13)14;1-8(2)9-4-5-10(7-12)11(6-9)13-3;1-8(2)10-4-5-11(7-12)9(3)6-10;1-6(2)8-4-9(11)7(5-13)3-10(8)12;1-6(2)8-5-4-7(3)9(11)10(8)12;1-7(2)8-3-4-9(6-12)10(11)5-8;1-6(2)7-3-4-9(14(15)16)8(5-7)10(11,12)13;1-6(2)8-4-9(10(11,12)13)7(3)14-5-8;1-7(2)8-3-4-9(6-12)10(11)5-8;1-8(2)10-5-3-9(7-11)4-6-10;1-6(2)7-3-8(10)9(4-11)12-5-7;/h3-5,7H,1-2H3;4-6,8H,1-3H3;4-6,8H,1-3H3;3-4,6H,1-2H3;4-6H,1-3H3;3-5,7H,1-2H3;3-6H,1-2H3;4-6H,1-3H3;3-5,7H,1-2H3;3-6,8H,1-2H3;3,5-6H,1-2H3;1H4. The maximum atomic E-state index is 13.4. The molecule has 0 spiro atoms. The highest BCUT2D eigenvalue weighted by molar-refractivity contribution is 6.32. The van der Waals surface area contributed by atoms with Gasteiger partial charge in [-0.25, -0.2) is 18.2 Å². The summed E-state index contributed by atoms with van der Waals surface area (Å²) >= 11 is 23.1. The number of halogens is 16. The van der Waals surface area contributed by atoms with Crippen molar-refractivity contribution in [2.24, 2.45) is 0 Å². The zero-order chi connectivity index (χ0) is 109. The molecule has 0 atom stereocenters. The maximum absolute atomic E-state index is 13.4. The van der Waals surface area contributed by atoms with E-state index in [-0.39, 0.29) is 76.1 Å². The summed E-state index contributed by atoms with van der Waals surface area (Å²) in [6, 6.07) is 61.3. The Kier molecular flexibility index (Phi) is 56.4. The number of nitrogens with zero attached hydrogens (tertiary/aromatic N) is 11. The molecule has 0 saturated heterocycles. The third kappa shape index (κ3) is 43.6. The quantitative estimate of drug-likeness (QED) is 0.0591. The fourth-order valence-corrected chi connectivity index (χ4v) is 12.8. The second kappa shape index (κ2) is 62.2. The van der Waals surface area contributed by atoms with Crippen molar-refractivity contribution in [3.05, 3.63) is 369 Å². The van der Waals surface area contributed by atoms with Gasteiger partial charge in [0.15, 0.2) is 5.69 Å². The molecule has 0 aliphatic heterocycles. The molecule has 0 saturated carbocycles. The lowest BCUT2D eigenvalue weighted by Crippen LogP contribution is -2.10. The molecule has 143 heavy (non-hydrogen) atoms. The zero-order valence-corrected chi connectivity index (χ0v) is 87.4. The molecule has 0 N–H and O–H groups in total. The molecule has 0 amide bonds. The van der Waals surface area contributed by atoms with Crippen molar-refractivity contribution in [2.45, 2.75) is 264 Å². The number of nitro benzene ring substituents is 1. The van der Waals surface area contributed by atoms with E-state index in [9.17, 15) is 62.8 Å². The van der Waals surface area contributed by atoms with E-state index < -0.39 is 51.6 Å². The normalized spacial score (nSPS) is 10.5. The third-order valence-corrected chi connectivity index (χ3v) is 22.5. The molecule has 2 heterocycles. The largest absolute Gasteiger partial charge is 0.495 e. The van der Waals surface area contributed by atoms with Crippen molar-refractivity contribution in [2.75, 3.05) is 7.11 Å². The number of aromatic nitrogens is 2. The van der Waals surface area contributed by atoms with Crippen LogP contribution in [0.2, 0.25) is 20.1 Å². The Labute approximate surface area is 855 Å². The van der Waals surface area contributed by atoms with Gasteiger partial charge in [0.2, 0.25) is 0 Å². The van der Waals surface area contributed by atoms with Crippen molar-refractivity contribution in [3.63, 3.8) is 0 Å². The molecule has 0 radical (unpaired) electrons. The van der Waals surface area contributed by atoms with E-state index in [0.29, 0.717) is 101 Å². The molecular formula is C113H123Cl4F12N11O3. The average molecular weight is 2050 g/mol. The van der Waals surface area contributed by atoms with Crippen molar-refractivity contribution in [1.29, 1.82) is 42.1 Å². The van der Waals surface area contributed by atoms with Gasteiger partial charge in [0, 0.05) is 24.2 Å². The van der Waals surface area contributed by atoms with Gasteiger partial charge in [0.25, 0.3) is 5.69 Å². The van der Waals surface area contributed by atoms with Crippen molar-refractivity contribution in [1.82, 2.24) is 9.97 Å². The monoisotopic (exact) mass is 2050 g/mol. The first-order valence-electron chi connectivity index (χ1n) is 44.9. The zero-order valence-electron chi connectivity index (χ0n) is 84.4. The molecule has 760 valence electrons. The van der Waals surface area contributed by atoms with E-state index >= 15 is 0 Å². The number of pyridine rings is 2. The lowest BCUT2D eigenvalue weighted by molar-refractivity contribution is -0.388. The van der Waals surface area contributed by atoms with Crippen LogP contribution in [0.5, 0.6) is 5.75 Å². The van der Waals surface area contributed by atoms with Gasteiger partial charge in [0.05, 0.1) is 100 Å². The van der Waals surface area contributed by atoms with Gasteiger partial charge in [-0.05, 0) is 255 Å². The molecule has 30 heteroatoms. The minimum atomic E-state index is -4.70. The van der Waals surface area contributed by atoms with Crippen molar-refractivity contribution >= 4 is 52.1 Å². The Morgan fingerprint density at radius 1 is 0.329 bits per heavy atom. The highest BCUT2D eigenvalue weighted by atomic mass is 35.5. The van der Waals surface area contributed by atoms with Gasteiger partial charge in [0.1, 0.15) is 59.1 Å². The molecule has 0 unspecified atom stereocenters. The first-order chi connectivity index (χ1) is 66.0. The number of methoxy groups -OCH3 is 1. The molecule has 11 rings (SSSR count). The van der Waals surface area contributed by atoms with E-state index in [1.165, 1.54) is 77.8 Å². The van der Waals surface area contributed by atoms with Gasteiger partial charge >= 0.3 is 18.5 Å². The van der Waals surface area contributed by atoms with Gasteiger partial charge < -0.3 is 4.74 Å². The van der Waals surface area contributed by atoms with E-state index in [1.54, 1.807) is 82.6 Å². The smallest absolute Gasteiger partial charge is 0.423 e. The van der Waals surface area contributed by atoms with Crippen LogP contribution in [-0.2, 0) is 18.5 Å². The summed E-state index contributed by atoms with van der Waals surface area (Å²) < 4.78 is 157. The average Bonchev–Trinajstić information content (AvgIpc) is 0.802. The molecule has 0 aliphatic carbocycles. The number of rotatable bonds is 13. The predicted molar refractivity (Wildman–Crippen MR) is 548 cm³/mol. The lowest BCUT2D eigenvalue weighted by Gasteiger charge is -2.12. The topological polar surface area (TPSA) is 268 Å². The minimum Gasteiger partial charge on any atom is -0.495 e. The number of benzene rings is 9. The Bertz CT molecular complexity index is 6080. The summed E-state index contributed by atoms with van der Waals surface area (Å²) in [5, 5.41) is 80.7. The van der Waals surface area contributed by atoms with Crippen LogP contribution in [-0.4, -0.2) is 22.0 Å². The predicted octanol–water partition coefficient (Wildman–Crippen LogP) is 36.2. The first-order valence-corrected chi connectivity index (χ1v) is 46.4. The number of nitriles is 8. The fourth-order valence-electron chi connectivity index (χ4n) is 12.0.